The van der Waals surface area contributed by atoms with Crippen molar-refractivity contribution in [3.8, 4) is 11.5 Å². The van der Waals surface area contributed by atoms with E-state index in [0.29, 0.717) is 30.5 Å². The average Bonchev–Trinajstić information content (AvgIpc) is 3.34. The summed E-state index contributed by atoms with van der Waals surface area (Å²) in [6.07, 6.45) is 1.33. The molecule has 1 fully saturated rings. The molecule has 34 heavy (non-hydrogen) atoms. The molecule has 0 aromatic heterocycles. The van der Waals surface area contributed by atoms with Crippen LogP contribution in [0.4, 0.5) is 0 Å². The summed E-state index contributed by atoms with van der Waals surface area (Å²) in [6.45, 7) is 2.29. The minimum absolute atomic E-state index is 0.0490. The summed E-state index contributed by atoms with van der Waals surface area (Å²) in [5.41, 5.74) is 3.17. The molecule has 2 atom stereocenters. The highest BCUT2D eigenvalue weighted by Gasteiger charge is 2.45. The number of hydrogen-bond acceptors (Lipinski definition) is 5. The Balaban J connectivity index is 1.57. The highest BCUT2D eigenvalue weighted by Crippen LogP contribution is 2.41. The van der Waals surface area contributed by atoms with Crippen LogP contribution in [0.25, 0.3) is 5.76 Å². The quantitative estimate of drug-likeness (QED) is 0.339. The van der Waals surface area contributed by atoms with Crippen molar-refractivity contribution in [1.29, 1.82) is 0 Å². The number of phenolic OH excluding ortho intramolecular Hbond substituents is 1. The van der Waals surface area contributed by atoms with Crippen LogP contribution >= 0.6 is 0 Å². The van der Waals surface area contributed by atoms with Crippen LogP contribution in [-0.4, -0.2) is 39.5 Å². The number of aliphatic hydroxyl groups excluding tert-OH is 1. The molecule has 172 valence electrons. The Morgan fingerprint density at radius 1 is 1.03 bits per heavy atom. The number of carbonyl (C=O) groups is 2. The molecule has 6 heteroatoms. The first-order valence-electron chi connectivity index (χ1n) is 11.3. The van der Waals surface area contributed by atoms with Crippen molar-refractivity contribution in [2.45, 2.75) is 31.9 Å². The lowest BCUT2D eigenvalue weighted by molar-refractivity contribution is -0.139. The molecule has 2 heterocycles. The molecular weight excluding hydrogens is 430 g/mol. The van der Waals surface area contributed by atoms with E-state index >= 15 is 0 Å². The van der Waals surface area contributed by atoms with Gasteiger partial charge in [-0.2, -0.15) is 0 Å². The smallest absolute Gasteiger partial charge is 0.295 e. The Kier molecular flexibility index (Phi) is 5.57. The van der Waals surface area contributed by atoms with Crippen LogP contribution in [0.2, 0.25) is 0 Å². The maximum atomic E-state index is 13.2. The number of rotatable bonds is 5. The maximum Gasteiger partial charge on any atom is 0.295 e. The topological polar surface area (TPSA) is 87.1 Å². The molecule has 2 aliphatic rings. The average molecular weight is 456 g/mol. The van der Waals surface area contributed by atoms with Gasteiger partial charge < -0.3 is 19.8 Å². The third-order valence-corrected chi connectivity index (χ3v) is 6.40. The van der Waals surface area contributed by atoms with Gasteiger partial charge in [0.15, 0.2) is 0 Å². The van der Waals surface area contributed by atoms with Crippen LogP contribution in [0.5, 0.6) is 11.5 Å². The van der Waals surface area contributed by atoms with Gasteiger partial charge in [-0.3, -0.25) is 9.59 Å². The Morgan fingerprint density at radius 2 is 1.76 bits per heavy atom. The predicted octanol–water partition coefficient (Wildman–Crippen LogP) is 4.38. The summed E-state index contributed by atoms with van der Waals surface area (Å²) in [6, 6.07) is 20.7. The molecule has 1 saturated heterocycles. The van der Waals surface area contributed by atoms with Crippen LogP contribution < -0.4 is 4.74 Å². The summed E-state index contributed by atoms with van der Waals surface area (Å²) >= 11 is 0. The van der Waals surface area contributed by atoms with Crippen molar-refractivity contribution in [1.82, 2.24) is 4.90 Å². The fourth-order valence-corrected chi connectivity index (χ4v) is 4.73. The molecule has 5 rings (SSSR count). The van der Waals surface area contributed by atoms with E-state index in [-0.39, 0.29) is 23.2 Å². The van der Waals surface area contributed by atoms with Crippen LogP contribution in [0.15, 0.2) is 78.4 Å². The SMILES string of the molecule is CC1Cc2cc(C(O)=C3C(=O)C(=O)N(CCc4ccccc4)C3c3ccc(O)cc3)ccc2O1. The lowest BCUT2D eigenvalue weighted by atomic mass is 9.94. The molecule has 0 aliphatic carbocycles. The van der Waals surface area contributed by atoms with E-state index in [9.17, 15) is 19.8 Å². The van der Waals surface area contributed by atoms with E-state index in [0.717, 1.165) is 16.9 Å². The van der Waals surface area contributed by atoms with Gasteiger partial charge in [0.25, 0.3) is 11.7 Å². The first kappa shape index (κ1) is 21.8. The lowest BCUT2D eigenvalue weighted by Crippen LogP contribution is -2.31. The molecular formula is C28H25NO5. The van der Waals surface area contributed by atoms with Gasteiger partial charge in [0.05, 0.1) is 11.6 Å². The Morgan fingerprint density at radius 3 is 2.50 bits per heavy atom. The zero-order chi connectivity index (χ0) is 23.8. The summed E-state index contributed by atoms with van der Waals surface area (Å²) in [5.74, 6) is -0.719. The molecule has 3 aromatic carbocycles. The number of likely N-dealkylation sites (tertiary alicyclic amines) is 1. The van der Waals surface area contributed by atoms with Gasteiger partial charge in [0.1, 0.15) is 23.4 Å². The first-order valence-corrected chi connectivity index (χ1v) is 11.3. The third-order valence-electron chi connectivity index (χ3n) is 6.40. The van der Waals surface area contributed by atoms with Crippen molar-refractivity contribution in [2.24, 2.45) is 0 Å². The number of carbonyl (C=O) groups excluding carboxylic acids is 2. The van der Waals surface area contributed by atoms with Crippen molar-refractivity contribution in [3.05, 3.63) is 101 Å². The van der Waals surface area contributed by atoms with Gasteiger partial charge in [-0.1, -0.05) is 42.5 Å². The van der Waals surface area contributed by atoms with Gasteiger partial charge in [-0.05, 0) is 60.4 Å². The molecule has 0 radical (unpaired) electrons. The Bertz CT molecular complexity index is 1280. The number of hydrogen-bond donors (Lipinski definition) is 2. The first-order chi connectivity index (χ1) is 16.4. The van der Waals surface area contributed by atoms with E-state index in [2.05, 4.69) is 0 Å². The number of aromatic hydroxyl groups is 1. The van der Waals surface area contributed by atoms with Gasteiger partial charge in [0.2, 0.25) is 0 Å². The second kappa shape index (κ2) is 8.71. The second-order valence-corrected chi connectivity index (χ2v) is 8.77. The largest absolute Gasteiger partial charge is 0.508 e. The van der Waals surface area contributed by atoms with E-state index in [1.165, 1.54) is 17.0 Å². The second-order valence-electron chi connectivity index (χ2n) is 8.77. The summed E-state index contributed by atoms with van der Waals surface area (Å²) in [5, 5.41) is 21.0. The Labute approximate surface area is 197 Å². The summed E-state index contributed by atoms with van der Waals surface area (Å²) < 4.78 is 5.75. The van der Waals surface area contributed by atoms with Crippen molar-refractivity contribution in [3.63, 3.8) is 0 Å². The lowest BCUT2D eigenvalue weighted by Gasteiger charge is -2.25. The molecule has 0 spiro atoms. The molecule has 2 N–H and O–H groups in total. The van der Waals surface area contributed by atoms with Gasteiger partial charge in [0, 0.05) is 18.5 Å². The number of amides is 1. The fraction of sp³-hybridized carbons (Fsp3) is 0.214. The Hall–Kier alpha value is -4.06. The molecule has 2 unspecified atom stereocenters. The number of aliphatic hydroxyl groups is 1. The minimum Gasteiger partial charge on any atom is -0.508 e. The zero-order valence-electron chi connectivity index (χ0n) is 18.8. The van der Waals surface area contributed by atoms with E-state index < -0.39 is 17.7 Å². The molecule has 0 saturated carbocycles. The molecule has 3 aromatic rings. The predicted molar refractivity (Wildman–Crippen MR) is 127 cm³/mol. The van der Waals surface area contributed by atoms with Crippen LogP contribution in [0, 0.1) is 0 Å². The number of fused-ring (bicyclic) bond motifs is 1. The highest BCUT2D eigenvalue weighted by molar-refractivity contribution is 6.46. The number of Topliss-reactive ketones (excluding diaryl/α,β-unsaturated/α-hetero) is 1. The van der Waals surface area contributed by atoms with Crippen molar-refractivity contribution >= 4 is 17.4 Å². The number of benzene rings is 3. The van der Waals surface area contributed by atoms with Gasteiger partial charge in [-0.25, -0.2) is 0 Å². The van der Waals surface area contributed by atoms with Crippen molar-refractivity contribution in [2.75, 3.05) is 6.54 Å². The molecule has 6 nitrogen and oxygen atoms in total. The van der Waals surface area contributed by atoms with E-state index in [1.54, 1.807) is 24.3 Å². The van der Waals surface area contributed by atoms with Crippen molar-refractivity contribution < 1.29 is 24.5 Å². The fourth-order valence-electron chi connectivity index (χ4n) is 4.73. The number of ether oxygens (including phenoxy) is 1. The van der Waals surface area contributed by atoms with Crippen LogP contribution in [0.3, 0.4) is 0 Å². The van der Waals surface area contributed by atoms with Gasteiger partial charge in [-0.15, -0.1) is 0 Å². The molecule has 1 amide bonds. The standard InChI is InChI=1S/C28H25NO5/c1-17-15-21-16-20(9-12-23(21)34-17)26(31)24-25(19-7-10-22(30)11-8-19)29(28(33)27(24)32)14-13-18-5-3-2-4-6-18/h2-12,16-17,25,30-31H,13-15H2,1H3. The summed E-state index contributed by atoms with van der Waals surface area (Å²) in [7, 11) is 0. The summed E-state index contributed by atoms with van der Waals surface area (Å²) in [4.78, 5) is 27.8. The third kappa shape index (κ3) is 3.92. The number of ketones is 1. The van der Waals surface area contributed by atoms with Gasteiger partial charge >= 0.3 is 0 Å². The van der Waals surface area contributed by atoms with E-state index in [4.69, 9.17) is 4.74 Å². The highest BCUT2D eigenvalue weighted by atomic mass is 16.5. The number of phenols is 1. The van der Waals surface area contributed by atoms with Crippen LogP contribution in [-0.2, 0) is 22.4 Å². The molecule has 0 bridgehead atoms. The normalized spacial score (nSPS) is 20.9. The maximum absolute atomic E-state index is 13.2. The van der Waals surface area contributed by atoms with Crippen LogP contribution in [0.1, 0.15) is 35.2 Å². The van der Waals surface area contributed by atoms with E-state index in [1.807, 2.05) is 43.3 Å². The minimum atomic E-state index is -0.757. The molecule has 2 aliphatic heterocycles. The monoisotopic (exact) mass is 455 g/mol. The zero-order valence-corrected chi connectivity index (χ0v) is 18.8. The number of nitrogens with zero attached hydrogens (tertiary/aromatic N) is 1.